The maximum absolute atomic E-state index is 9.39. The summed E-state index contributed by atoms with van der Waals surface area (Å²) < 4.78 is 0. The van der Waals surface area contributed by atoms with Gasteiger partial charge in [0.05, 0.1) is 28.9 Å². The maximum atomic E-state index is 9.39. The summed E-state index contributed by atoms with van der Waals surface area (Å²) in [4.78, 5) is 2.50. The Balaban J connectivity index is 2.12. The van der Waals surface area contributed by atoms with Crippen LogP contribution in [0.3, 0.4) is 0 Å². The number of nitrogens with one attached hydrogen (secondary N) is 1. The first-order chi connectivity index (χ1) is 9.85. The van der Waals surface area contributed by atoms with E-state index in [9.17, 15) is 10.2 Å². The van der Waals surface area contributed by atoms with Gasteiger partial charge in [-0.05, 0) is 30.2 Å². The smallest absolute Gasteiger partial charge is 0.184 e. The first-order valence-electron chi connectivity index (χ1n) is 6.75. The molecule has 104 valence electrons. The Hall–Kier alpha value is -1.49. The molecule has 1 aliphatic rings. The number of hydrogen-bond donors (Lipinski definition) is 3. The fraction of sp³-hybridized carbons (Fsp3) is 0.250. The zero-order valence-electron chi connectivity index (χ0n) is 11.2. The minimum atomic E-state index is -0.103. The van der Waals surface area contributed by atoms with E-state index in [1.807, 2.05) is 18.2 Å². The molecule has 2 aromatic carbocycles. The van der Waals surface area contributed by atoms with Crippen molar-refractivity contribution >= 4 is 22.3 Å². The van der Waals surface area contributed by atoms with Crippen LogP contribution in [0.2, 0.25) is 0 Å². The van der Waals surface area contributed by atoms with Crippen LogP contribution < -0.4 is 5.32 Å². The van der Waals surface area contributed by atoms with Gasteiger partial charge in [-0.1, -0.05) is 24.3 Å². The lowest BCUT2D eigenvalue weighted by molar-refractivity contribution is 0.299. The Labute approximate surface area is 121 Å². The molecule has 2 aromatic rings. The van der Waals surface area contributed by atoms with E-state index in [1.165, 1.54) is 9.79 Å². The second-order valence-corrected chi connectivity index (χ2v) is 6.77. The van der Waals surface area contributed by atoms with Crippen molar-refractivity contribution in [3.8, 4) is 0 Å². The molecule has 3 rings (SSSR count). The van der Waals surface area contributed by atoms with Gasteiger partial charge in [-0.2, -0.15) is 0 Å². The van der Waals surface area contributed by atoms with Crippen LogP contribution >= 0.6 is 0 Å². The summed E-state index contributed by atoms with van der Waals surface area (Å²) >= 11 is 0. The largest absolute Gasteiger partial charge is 0.396 e. The average molecular weight is 288 g/mol. The lowest BCUT2D eigenvalue weighted by atomic mass is 10.1. The molecule has 4 heteroatoms. The Morgan fingerprint density at radius 2 is 1.70 bits per heavy atom. The van der Waals surface area contributed by atoms with Crippen LogP contribution in [0, 0.1) is 0 Å². The van der Waals surface area contributed by atoms with E-state index in [0.717, 1.165) is 22.7 Å². The van der Waals surface area contributed by atoms with Crippen molar-refractivity contribution < 1.29 is 10.2 Å². The second-order valence-electron chi connectivity index (χ2n) is 4.70. The third-order valence-corrected chi connectivity index (χ3v) is 5.82. The molecule has 0 aliphatic carbocycles. The van der Waals surface area contributed by atoms with Gasteiger partial charge in [-0.15, -0.1) is 0 Å². The summed E-state index contributed by atoms with van der Waals surface area (Å²) in [7, 11) is -0.103. The van der Waals surface area contributed by atoms with E-state index >= 15 is 0 Å². The van der Waals surface area contributed by atoms with Crippen LogP contribution in [0.1, 0.15) is 5.56 Å². The fourth-order valence-corrected chi connectivity index (χ4v) is 4.76. The van der Waals surface area contributed by atoms with E-state index < -0.39 is 0 Å². The maximum Gasteiger partial charge on any atom is 0.184 e. The highest BCUT2D eigenvalue weighted by Crippen LogP contribution is 2.42. The molecular formula is C16H18NO2S+. The van der Waals surface area contributed by atoms with Gasteiger partial charge in [0.15, 0.2) is 9.79 Å². The number of aliphatic hydroxyl groups is 2. The number of aliphatic hydroxyl groups excluding tert-OH is 2. The first-order valence-corrected chi connectivity index (χ1v) is 8.15. The number of benzene rings is 2. The average Bonchev–Trinajstić information content (AvgIpc) is 2.48. The Bertz CT molecular complexity index is 615. The predicted octanol–water partition coefficient (Wildman–Crippen LogP) is 2.31. The first kappa shape index (κ1) is 13.5. The van der Waals surface area contributed by atoms with Crippen molar-refractivity contribution in [3.63, 3.8) is 0 Å². The standard InChI is InChI=1S/C16H18NO2S/c18-9-8-12-4-3-7-15-16(12)17-13-5-1-2-6-14(13)20(15)11-10-19/h1-7,17-19H,8-11H2/q+1. The molecule has 1 aliphatic heterocycles. The molecular weight excluding hydrogens is 270 g/mol. The van der Waals surface area contributed by atoms with Crippen LogP contribution in [0.25, 0.3) is 0 Å². The van der Waals surface area contributed by atoms with Crippen LogP contribution in [0.4, 0.5) is 11.4 Å². The van der Waals surface area contributed by atoms with Crippen LogP contribution in [0.15, 0.2) is 52.3 Å². The molecule has 0 bridgehead atoms. The summed E-state index contributed by atoms with van der Waals surface area (Å²) in [6, 6.07) is 14.5. The van der Waals surface area contributed by atoms with E-state index in [2.05, 4.69) is 29.6 Å². The Morgan fingerprint density at radius 1 is 0.900 bits per heavy atom. The fourth-order valence-electron chi connectivity index (χ4n) is 2.60. The number of fused-ring (bicyclic) bond motifs is 2. The number of para-hydroxylation sites is 2. The SMILES string of the molecule is OCCc1cccc2c1Nc1ccccc1[S+]2CCO. The number of anilines is 2. The van der Waals surface area contributed by atoms with Crippen molar-refractivity contribution in [1.29, 1.82) is 0 Å². The quantitative estimate of drug-likeness (QED) is 0.757. The molecule has 3 nitrogen and oxygen atoms in total. The van der Waals surface area contributed by atoms with Gasteiger partial charge < -0.3 is 15.5 Å². The van der Waals surface area contributed by atoms with E-state index in [-0.39, 0.29) is 24.1 Å². The van der Waals surface area contributed by atoms with Crippen LogP contribution in [-0.4, -0.2) is 29.2 Å². The lowest BCUT2D eigenvalue weighted by Crippen LogP contribution is -2.20. The minimum absolute atomic E-state index is 0.103. The van der Waals surface area contributed by atoms with Crippen molar-refractivity contribution in [3.05, 3.63) is 48.0 Å². The highest BCUT2D eigenvalue weighted by Gasteiger charge is 2.35. The highest BCUT2D eigenvalue weighted by molar-refractivity contribution is 7.97. The normalized spacial score (nSPS) is 16.2. The van der Waals surface area contributed by atoms with Crippen molar-refractivity contribution in [2.24, 2.45) is 0 Å². The van der Waals surface area contributed by atoms with Gasteiger partial charge in [-0.25, -0.2) is 0 Å². The monoisotopic (exact) mass is 288 g/mol. The van der Waals surface area contributed by atoms with Crippen LogP contribution in [-0.2, 0) is 17.3 Å². The summed E-state index contributed by atoms with van der Waals surface area (Å²) in [6.45, 7) is 0.328. The topological polar surface area (TPSA) is 52.5 Å². The van der Waals surface area contributed by atoms with Gasteiger partial charge in [0.2, 0.25) is 0 Å². The summed E-state index contributed by atoms with van der Waals surface area (Å²) in [5, 5.41) is 22.1. The van der Waals surface area contributed by atoms with Crippen molar-refractivity contribution in [2.45, 2.75) is 16.2 Å². The molecule has 0 radical (unpaired) electrons. The van der Waals surface area contributed by atoms with Gasteiger partial charge in [0.1, 0.15) is 5.75 Å². The third-order valence-electron chi connectivity index (χ3n) is 3.47. The van der Waals surface area contributed by atoms with Crippen LogP contribution in [0.5, 0.6) is 0 Å². The van der Waals surface area contributed by atoms with E-state index in [1.54, 1.807) is 0 Å². The van der Waals surface area contributed by atoms with Gasteiger partial charge >= 0.3 is 0 Å². The molecule has 0 fully saturated rings. The Kier molecular flexibility index (Phi) is 3.96. The zero-order valence-corrected chi connectivity index (χ0v) is 12.0. The van der Waals surface area contributed by atoms with Crippen molar-refractivity contribution in [2.75, 3.05) is 24.3 Å². The molecule has 1 unspecified atom stereocenters. The third kappa shape index (κ3) is 2.30. The predicted molar refractivity (Wildman–Crippen MR) is 82.8 cm³/mol. The molecule has 0 saturated heterocycles. The second kappa shape index (κ2) is 5.87. The highest BCUT2D eigenvalue weighted by atomic mass is 32.2. The molecule has 1 atom stereocenters. The minimum Gasteiger partial charge on any atom is -0.396 e. The van der Waals surface area contributed by atoms with Gasteiger partial charge in [-0.3, -0.25) is 0 Å². The molecule has 20 heavy (non-hydrogen) atoms. The zero-order chi connectivity index (χ0) is 13.9. The summed E-state index contributed by atoms with van der Waals surface area (Å²) in [6.07, 6.45) is 0.647. The molecule has 0 spiro atoms. The van der Waals surface area contributed by atoms with E-state index in [4.69, 9.17) is 0 Å². The summed E-state index contributed by atoms with van der Waals surface area (Å²) in [5.74, 6) is 0.744. The van der Waals surface area contributed by atoms with Gasteiger partial charge in [0, 0.05) is 6.61 Å². The Morgan fingerprint density at radius 3 is 2.50 bits per heavy atom. The molecule has 3 N–H and O–H groups in total. The summed E-state index contributed by atoms with van der Waals surface area (Å²) in [5.41, 5.74) is 3.36. The molecule has 1 heterocycles. The molecule has 0 amide bonds. The molecule has 0 saturated carbocycles. The molecule has 0 aromatic heterocycles. The number of hydrogen-bond acceptors (Lipinski definition) is 3. The van der Waals surface area contributed by atoms with E-state index in [0.29, 0.717) is 6.42 Å². The lowest BCUT2D eigenvalue weighted by Gasteiger charge is -2.22. The van der Waals surface area contributed by atoms with Crippen molar-refractivity contribution in [1.82, 2.24) is 0 Å². The number of rotatable bonds is 4. The van der Waals surface area contributed by atoms with Gasteiger partial charge in [0.25, 0.3) is 0 Å².